The predicted molar refractivity (Wildman–Crippen MR) is 126 cm³/mol. The highest BCUT2D eigenvalue weighted by molar-refractivity contribution is 5.75. The highest BCUT2D eigenvalue weighted by Crippen LogP contribution is 2.37. The molecule has 0 fully saturated rings. The summed E-state index contributed by atoms with van der Waals surface area (Å²) in [6.07, 6.45) is -3.08. The van der Waals surface area contributed by atoms with Crippen LogP contribution in [0.5, 0.6) is 11.5 Å². The fourth-order valence-electron chi connectivity index (χ4n) is 4.22. The second kappa shape index (κ2) is 9.92. The molecule has 1 N–H and O–H groups in total. The Bertz CT molecular complexity index is 1350. The van der Waals surface area contributed by atoms with Crippen LogP contribution >= 0.6 is 0 Å². The van der Waals surface area contributed by atoms with Crippen molar-refractivity contribution in [2.75, 3.05) is 33.2 Å². The molecule has 0 unspecified atom stereocenters. The summed E-state index contributed by atoms with van der Waals surface area (Å²) in [7, 11) is 4.17. The van der Waals surface area contributed by atoms with Crippen LogP contribution < -0.4 is 20.3 Å². The number of rotatable bonds is 7. The lowest BCUT2D eigenvalue weighted by Gasteiger charge is -2.18. The zero-order valence-electron chi connectivity index (χ0n) is 19.9. The first kappa shape index (κ1) is 25.1. The number of nitrogens with one attached hydrogen (secondary N) is 1. The number of methoxy groups -OCH3 is 3. The van der Waals surface area contributed by atoms with Crippen molar-refractivity contribution in [2.24, 2.45) is 0 Å². The van der Waals surface area contributed by atoms with Crippen molar-refractivity contribution >= 4 is 11.7 Å². The highest BCUT2D eigenvalue weighted by Gasteiger charge is 2.35. The molecule has 0 atom stereocenters. The Morgan fingerprint density at radius 3 is 2.31 bits per heavy atom. The van der Waals surface area contributed by atoms with Gasteiger partial charge in [-0.3, -0.25) is 9.59 Å². The minimum absolute atomic E-state index is 0.196. The van der Waals surface area contributed by atoms with E-state index in [4.69, 9.17) is 9.47 Å². The lowest BCUT2D eigenvalue weighted by atomic mass is 10.0. The molecule has 1 aliphatic rings. The van der Waals surface area contributed by atoms with Gasteiger partial charge in [0.05, 0.1) is 38.3 Å². The highest BCUT2D eigenvalue weighted by atomic mass is 19.4. The van der Waals surface area contributed by atoms with E-state index in [2.05, 4.69) is 15.2 Å². The molecule has 1 aliphatic carbocycles. The van der Waals surface area contributed by atoms with Crippen LogP contribution in [0, 0.1) is 0 Å². The van der Waals surface area contributed by atoms with Crippen LogP contribution in [0.2, 0.25) is 0 Å². The zero-order chi connectivity index (χ0) is 26.0. The molecule has 0 saturated heterocycles. The van der Waals surface area contributed by atoms with Crippen molar-refractivity contribution in [2.45, 2.75) is 25.4 Å². The van der Waals surface area contributed by atoms with E-state index in [-0.39, 0.29) is 12.2 Å². The van der Waals surface area contributed by atoms with Gasteiger partial charge in [0, 0.05) is 22.9 Å². The summed E-state index contributed by atoms with van der Waals surface area (Å²) in [6, 6.07) is 8.23. The number of anilines is 1. The monoisotopic (exact) mass is 503 g/mol. The third-order valence-electron chi connectivity index (χ3n) is 5.97. The SMILES string of the molecule is COC(=O)CNc1ccc(C(F)(F)F)c(-n2nc(-c3cc(OC)cc(OC)c3)c3c(c2=O)CCC3)c1. The molecule has 0 amide bonds. The second-order valence-corrected chi connectivity index (χ2v) is 8.14. The molecule has 2 aromatic carbocycles. The van der Waals surface area contributed by atoms with E-state index in [9.17, 15) is 22.8 Å². The smallest absolute Gasteiger partial charge is 0.418 e. The van der Waals surface area contributed by atoms with Gasteiger partial charge in [0.15, 0.2) is 0 Å². The summed E-state index contributed by atoms with van der Waals surface area (Å²) in [5.41, 5.74) is 0.134. The number of esters is 1. The third-order valence-corrected chi connectivity index (χ3v) is 5.97. The molecule has 36 heavy (non-hydrogen) atoms. The zero-order valence-corrected chi connectivity index (χ0v) is 19.9. The van der Waals surface area contributed by atoms with E-state index < -0.39 is 29.0 Å². The average molecular weight is 503 g/mol. The van der Waals surface area contributed by atoms with Gasteiger partial charge >= 0.3 is 12.1 Å². The molecule has 4 rings (SSSR count). The summed E-state index contributed by atoms with van der Waals surface area (Å²) >= 11 is 0. The number of nitrogens with zero attached hydrogens (tertiary/aromatic N) is 2. The Hall–Kier alpha value is -4.02. The van der Waals surface area contributed by atoms with Crippen LogP contribution in [0.25, 0.3) is 16.9 Å². The van der Waals surface area contributed by atoms with Crippen LogP contribution in [0.3, 0.4) is 0 Å². The van der Waals surface area contributed by atoms with Crippen molar-refractivity contribution in [1.82, 2.24) is 9.78 Å². The van der Waals surface area contributed by atoms with Crippen molar-refractivity contribution in [3.05, 3.63) is 63.4 Å². The van der Waals surface area contributed by atoms with Gasteiger partial charge in [-0.1, -0.05) is 0 Å². The molecule has 1 heterocycles. The molecule has 0 spiro atoms. The molecule has 11 heteroatoms. The number of alkyl halides is 3. The minimum Gasteiger partial charge on any atom is -0.497 e. The van der Waals surface area contributed by atoms with Crippen LogP contribution in [0.15, 0.2) is 41.2 Å². The summed E-state index contributed by atoms with van der Waals surface area (Å²) < 4.78 is 58.0. The molecular weight excluding hydrogens is 479 g/mol. The number of carbonyl (C=O) groups excluding carboxylic acids is 1. The predicted octanol–water partition coefficient (Wildman–Crippen LogP) is 4.01. The van der Waals surface area contributed by atoms with E-state index in [1.807, 2.05) is 0 Å². The third kappa shape index (κ3) is 4.86. The van der Waals surface area contributed by atoms with Gasteiger partial charge in [0.2, 0.25) is 0 Å². The minimum atomic E-state index is -4.75. The topological polar surface area (TPSA) is 91.7 Å². The standard InChI is InChI=1S/C25H24F3N3O5/c1-34-16-9-14(10-17(12-16)35-2)23-18-5-4-6-19(18)24(33)31(30-23)21-11-15(29-13-22(32)36-3)7-8-20(21)25(26,27)28/h7-12,29H,4-6,13H2,1-3H3. The summed E-state index contributed by atoms with van der Waals surface area (Å²) in [4.78, 5) is 24.9. The van der Waals surface area contributed by atoms with Gasteiger partial charge < -0.3 is 19.5 Å². The Morgan fingerprint density at radius 1 is 1.03 bits per heavy atom. The lowest BCUT2D eigenvalue weighted by molar-refractivity contribution is -0.139. The van der Waals surface area contributed by atoms with E-state index in [0.29, 0.717) is 53.1 Å². The van der Waals surface area contributed by atoms with Gasteiger partial charge in [-0.15, -0.1) is 0 Å². The molecule has 3 aromatic rings. The second-order valence-electron chi connectivity index (χ2n) is 8.14. The maximum atomic E-state index is 14.0. The molecule has 0 radical (unpaired) electrons. The van der Waals surface area contributed by atoms with Gasteiger partial charge in [-0.05, 0) is 55.2 Å². The quantitative estimate of drug-likeness (QED) is 0.487. The Kier molecular flexibility index (Phi) is 6.91. The lowest BCUT2D eigenvalue weighted by Crippen LogP contribution is -2.28. The molecule has 0 bridgehead atoms. The number of fused-ring (bicyclic) bond motifs is 1. The number of ether oxygens (including phenoxy) is 3. The van der Waals surface area contributed by atoms with E-state index in [1.165, 1.54) is 27.4 Å². The Balaban J connectivity index is 1.95. The number of hydrogen-bond acceptors (Lipinski definition) is 7. The molecule has 0 aliphatic heterocycles. The number of aromatic nitrogens is 2. The number of benzene rings is 2. The largest absolute Gasteiger partial charge is 0.497 e. The molecule has 8 nitrogen and oxygen atoms in total. The Morgan fingerprint density at radius 2 is 1.69 bits per heavy atom. The fraction of sp³-hybridized carbons (Fsp3) is 0.320. The van der Waals surface area contributed by atoms with Crippen molar-refractivity contribution in [3.8, 4) is 28.4 Å². The number of carbonyl (C=O) groups is 1. The first-order valence-electron chi connectivity index (χ1n) is 11.1. The molecule has 0 saturated carbocycles. The van der Waals surface area contributed by atoms with Crippen LogP contribution in [0.1, 0.15) is 23.1 Å². The Labute approximate surface area is 204 Å². The van der Waals surface area contributed by atoms with Gasteiger partial charge in [-0.25, -0.2) is 0 Å². The maximum absolute atomic E-state index is 14.0. The van der Waals surface area contributed by atoms with Crippen molar-refractivity contribution in [3.63, 3.8) is 0 Å². The molecular formula is C25H24F3N3O5. The van der Waals surface area contributed by atoms with Gasteiger partial charge in [-0.2, -0.15) is 23.0 Å². The van der Waals surface area contributed by atoms with Crippen LogP contribution in [-0.4, -0.2) is 43.6 Å². The molecule has 190 valence electrons. The summed E-state index contributed by atoms with van der Waals surface area (Å²) in [5.74, 6) is 0.347. The number of hydrogen-bond donors (Lipinski definition) is 1. The van der Waals surface area contributed by atoms with Gasteiger partial charge in [0.1, 0.15) is 18.0 Å². The summed E-state index contributed by atoms with van der Waals surface area (Å²) in [5, 5.41) is 7.15. The van der Waals surface area contributed by atoms with Crippen LogP contribution in [-0.2, 0) is 28.5 Å². The average Bonchev–Trinajstić information content (AvgIpc) is 3.37. The maximum Gasteiger partial charge on any atom is 0.418 e. The van der Waals surface area contributed by atoms with Crippen molar-refractivity contribution in [1.29, 1.82) is 0 Å². The van der Waals surface area contributed by atoms with E-state index >= 15 is 0 Å². The normalized spacial score (nSPS) is 12.7. The first-order chi connectivity index (χ1) is 17.2. The first-order valence-corrected chi connectivity index (χ1v) is 11.1. The summed E-state index contributed by atoms with van der Waals surface area (Å²) in [6.45, 7) is -0.261. The van der Waals surface area contributed by atoms with Crippen molar-refractivity contribution < 1.29 is 32.2 Å². The fourth-order valence-corrected chi connectivity index (χ4v) is 4.22. The van der Waals surface area contributed by atoms with Crippen LogP contribution in [0.4, 0.5) is 18.9 Å². The van der Waals surface area contributed by atoms with E-state index in [0.717, 1.165) is 16.8 Å². The van der Waals surface area contributed by atoms with Gasteiger partial charge in [0.25, 0.3) is 5.56 Å². The van der Waals surface area contributed by atoms with E-state index in [1.54, 1.807) is 18.2 Å². The molecule has 1 aromatic heterocycles. The number of halogens is 3.